The average Bonchev–Trinajstić information content (AvgIpc) is 2.49. The van der Waals surface area contributed by atoms with Crippen molar-refractivity contribution in [1.82, 2.24) is 9.88 Å². The van der Waals surface area contributed by atoms with Crippen LogP contribution in [-0.4, -0.2) is 33.7 Å². The van der Waals surface area contributed by atoms with Crippen LogP contribution in [0.5, 0.6) is 0 Å². The maximum atomic E-state index is 10.8. The molecule has 1 fully saturated rings. The SMILES string of the molecule is CC1CCC(O)(CN(CCC#N)Cc2ccccn2)CC1. The molecule has 114 valence electrons. The van der Waals surface area contributed by atoms with Crippen molar-refractivity contribution >= 4 is 0 Å². The fourth-order valence-corrected chi connectivity index (χ4v) is 3.02. The van der Waals surface area contributed by atoms with Gasteiger partial charge in [-0.1, -0.05) is 13.0 Å². The Hall–Kier alpha value is -1.44. The normalized spacial score (nSPS) is 25.7. The topological polar surface area (TPSA) is 60.1 Å². The number of hydrogen-bond acceptors (Lipinski definition) is 4. The van der Waals surface area contributed by atoms with Crippen molar-refractivity contribution in [3.05, 3.63) is 30.1 Å². The Morgan fingerprint density at radius 3 is 2.81 bits per heavy atom. The minimum Gasteiger partial charge on any atom is -0.389 e. The van der Waals surface area contributed by atoms with E-state index >= 15 is 0 Å². The van der Waals surface area contributed by atoms with Gasteiger partial charge in [-0.05, 0) is 43.7 Å². The average molecular weight is 287 g/mol. The first kappa shape index (κ1) is 15.9. The molecule has 0 atom stereocenters. The monoisotopic (exact) mass is 287 g/mol. The van der Waals surface area contributed by atoms with E-state index in [1.54, 1.807) is 6.20 Å². The van der Waals surface area contributed by atoms with Gasteiger partial charge in [0.2, 0.25) is 0 Å². The van der Waals surface area contributed by atoms with Gasteiger partial charge in [-0.25, -0.2) is 0 Å². The molecule has 1 aliphatic rings. The lowest BCUT2D eigenvalue weighted by Crippen LogP contribution is -2.45. The molecule has 0 aromatic carbocycles. The Morgan fingerprint density at radius 2 is 2.19 bits per heavy atom. The van der Waals surface area contributed by atoms with Crippen LogP contribution in [0.1, 0.15) is 44.7 Å². The smallest absolute Gasteiger partial charge is 0.0774 e. The number of nitriles is 1. The molecular weight excluding hydrogens is 262 g/mol. The fourth-order valence-electron chi connectivity index (χ4n) is 3.02. The Kier molecular flexibility index (Phi) is 5.72. The van der Waals surface area contributed by atoms with Gasteiger partial charge < -0.3 is 5.11 Å². The first-order valence-corrected chi connectivity index (χ1v) is 7.83. The standard InChI is InChI=1S/C17H25N3O/c1-15-6-8-17(21,9-7-15)14-20(12-4-10-18)13-16-5-2-3-11-19-16/h2-3,5,11,15,21H,4,6-9,12-14H2,1H3. The van der Waals surface area contributed by atoms with E-state index in [9.17, 15) is 5.11 Å². The molecule has 0 saturated heterocycles. The second kappa shape index (κ2) is 7.53. The van der Waals surface area contributed by atoms with Crippen molar-refractivity contribution in [3.8, 4) is 6.07 Å². The molecule has 4 heteroatoms. The molecule has 2 rings (SSSR count). The van der Waals surface area contributed by atoms with Crippen LogP contribution < -0.4 is 0 Å². The summed E-state index contributed by atoms with van der Waals surface area (Å²) in [6.45, 7) is 4.27. The van der Waals surface area contributed by atoms with E-state index < -0.39 is 5.60 Å². The van der Waals surface area contributed by atoms with Crippen molar-refractivity contribution in [2.75, 3.05) is 13.1 Å². The highest BCUT2D eigenvalue weighted by Gasteiger charge is 2.33. The molecule has 1 heterocycles. The molecule has 1 aliphatic carbocycles. The van der Waals surface area contributed by atoms with Gasteiger partial charge in [-0.3, -0.25) is 9.88 Å². The summed E-state index contributed by atoms with van der Waals surface area (Å²) in [6.07, 6.45) is 6.17. The van der Waals surface area contributed by atoms with Crippen LogP contribution in [0, 0.1) is 17.2 Å². The molecule has 0 radical (unpaired) electrons. The summed E-state index contributed by atoms with van der Waals surface area (Å²) in [7, 11) is 0. The molecule has 4 nitrogen and oxygen atoms in total. The molecule has 0 amide bonds. The van der Waals surface area contributed by atoms with Gasteiger partial charge in [0.05, 0.1) is 17.4 Å². The summed E-state index contributed by atoms with van der Waals surface area (Å²) in [5.74, 6) is 0.716. The fraction of sp³-hybridized carbons (Fsp3) is 0.647. The molecule has 21 heavy (non-hydrogen) atoms. The zero-order chi connectivity index (χ0) is 15.1. The van der Waals surface area contributed by atoms with Crippen LogP contribution in [0.4, 0.5) is 0 Å². The highest BCUT2D eigenvalue weighted by Crippen LogP contribution is 2.32. The number of aliphatic hydroxyl groups is 1. The second-order valence-electron chi connectivity index (χ2n) is 6.35. The minimum atomic E-state index is -0.600. The van der Waals surface area contributed by atoms with E-state index in [2.05, 4.69) is 22.9 Å². The molecule has 1 aromatic heterocycles. The van der Waals surface area contributed by atoms with Gasteiger partial charge in [0.15, 0.2) is 0 Å². The van der Waals surface area contributed by atoms with Gasteiger partial charge in [0, 0.05) is 32.3 Å². The lowest BCUT2D eigenvalue weighted by molar-refractivity contribution is -0.0366. The maximum absolute atomic E-state index is 10.8. The molecular formula is C17H25N3O. The van der Waals surface area contributed by atoms with Gasteiger partial charge in [-0.15, -0.1) is 0 Å². The Morgan fingerprint density at radius 1 is 1.43 bits per heavy atom. The maximum Gasteiger partial charge on any atom is 0.0774 e. The Labute approximate surface area is 127 Å². The lowest BCUT2D eigenvalue weighted by Gasteiger charge is -2.38. The first-order valence-electron chi connectivity index (χ1n) is 7.83. The number of aromatic nitrogens is 1. The number of pyridine rings is 1. The van der Waals surface area contributed by atoms with Crippen LogP contribution in [0.2, 0.25) is 0 Å². The van der Waals surface area contributed by atoms with E-state index in [1.165, 1.54) is 0 Å². The van der Waals surface area contributed by atoms with E-state index in [1.807, 2.05) is 18.2 Å². The van der Waals surface area contributed by atoms with Crippen molar-refractivity contribution in [1.29, 1.82) is 5.26 Å². The molecule has 1 N–H and O–H groups in total. The quantitative estimate of drug-likeness (QED) is 0.874. The van der Waals surface area contributed by atoms with E-state index in [-0.39, 0.29) is 0 Å². The van der Waals surface area contributed by atoms with Gasteiger partial charge in [0.1, 0.15) is 0 Å². The van der Waals surface area contributed by atoms with E-state index in [0.717, 1.165) is 31.4 Å². The summed E-state index contributed by atoms with van der Waals surface area (Å²) in [5, 5.41) is 19.6. The summed E-state index contributed by atoms with van der Waals surface area (Å²) in [5.41, 5.74) is 0.389. The third-order valence-corrected chi connectivity index (χ3v) is 4.37. The highest BCUT2D eigenvalue weighted by atomic mass is 16.3. The molecule has 0 aliphatic heterocycles. The van der Waals surface area contributed by atoms with Gasteiger partial charge >= 0.3 is 0 Å². The predicted octanol–water partition coefficient (Wildman–Crippen LogP) is 2.74. The van der Waals surface area contributed by atoms with Crippen molar-refractivity contribution < 1.29 is 5.11 Å². The van der Waals surface area contributed by atoms with Crippen LogP contribution in [0.3, 0.4) is 0 Å². The zero-order valence-corrected chi connectivity index (χ0v) is 12.8. The third kappa shape index (κ3) is 5.11. The lowest BCUT2D eigenvalue weighted by atomic mass is 9.79. The van der Waals surface area contributed by atoms with Crippen LogP contribution in [-0.2, 0) is 6.54 Å². The Bertz CT molecular complexity index is 461. The first-order chi connectivity index (χ1) is 10.1. The second-order valence-corrected chi connectivity index (χ2v) is 6.35. The molecule has 1 aromatic rings. The summed E-state index contributed by atoms with van der Waals surface area (Å²) in [4.78, 5) is 6.52. The van der Waals surface area contributed by atoms with Crippen LogP contribution in [0.25, 0.3) is 0 Å². The highest BCUT2D eigenvalue weighted by molar-refractivity contribution is 5.03. The van der Waals surface area contributed by atoms with Gasteiger partial charge in [0.25, 0.3) is 0 Å². The summed E-state index contributed by atoms with van der Waals surface area (Å²) >= 11 is 0. The van der Waals surface area contributed by atoms with Crippen LogP contribution in [0.15, 0.2) is 24.4 Å². The van der Waals surface area contributed by atoms with E-state index in [4.69, 9.17) is 5.26 Å². The molecule has 0 bridgehead atoms. The minimum absolute atomic E-state index is 0.485. The number of hydrogen-bond donors (Lipinski definition) is 1. The molecule has 1 saturated carbocycles. The van der Waals surface area contributed by atoms with Crippen molar-refractivity contribution in [3.63, 3.8) is 0 Å². The largest absolute Gasteiger partial charge is 0.389 e. The summed E-state index contributed by atoms with van der Waals surface area (Å²) < 4.78 is 0. The summed E-state index contributed by atoms with van der Waals surface area (Å²) in [6, 6.07) is 8.07. The van der Waals surface area contributed by atoms with Crippen molar-refractivity contribution in [2.45, 2.75) is 51.2 Å². The van der Waals surface area contributed by atoms with Crippen LogP contribution >= 0.6 is 0 Å². The Balaban J connectivity index is 1.97. The molecule has 0 spiro atoms. The zero-order valence-electron chi connectivity index (χ0n) is 12.8. The predicted molar refractivity (Wildman–Crippen MR) is 82.3 cm³/mol. The molecule has 0 unspecified atom stereocenters. The van der Waals surface area contributed by atoms with E-state index in [0.29, 0.717) is 32.0 Å². The van der Waals surface area contributed by atoms with Gasteiger partial charge in [-0.2, -0.15) is 5.26 Å². The number of nitrogens with zero attached hydrogens (tertiary/aromatic N) is 3. The van der Waals surface area contributed by atoms with Crippen molar-refractivity contribution in [2.24, 2.45) is 5.92 Å². The third-order valence-electron chi connectivity index (χ3n) is 4.37. The number of rotatable bonds is 6.